The van der Waals surface area contributed by atoms with E-state index in [0.29, 0.717) is 6.61 Å². The lowest BCUT2D eigenvalue weighted by Gasteiger charge is -2.01. The zero-order valence-corrected chi connectivity index (χ0v) is 10.5. The van der Waals surface area contributed by atoms with E-state index in [9.17, 15) is 0 Å². The fraction of sp³-hybridized carbons (Fsp3) is 0.188. The second-order valence-electron chi connectivity index (χ2n) is 3.97. The van der Waals surface area contributed by atoms with Crippen LogP contribution >= 0.6 is 0 Å². The van der Waals surface area contributed by atoms with Crippen LogP contribution in [0.4, 0.5) is 0 Å². The molecule has 1 radical (unpaired) electrons. The van der Waals surface area contributed by atoms with Crippen molar-refractivity contribution < 1.29 is 4.84 Å². The lowest BCUT2D eigenvalue weighted by Crippen LogP contribution is -1.92. The summed E-state index contributed by atoms with van der Waals surface area (Å²) in [5, 5.41) is 3.90. The molecular formula is C16H16NO. The number of hydrogen-bond donors (Lipinski definition) is 0. The summed E-state index contributed by atoms with van der Waals surface area (Å²) in [4.78, 5) is 5.24. The van der Waals surface area contributed by atoms with Gasteiger partial charge in [-0.3, -0.25) is 0 Å². The zero-order valence-electron chi connectivity index (χ0n) is 10.5. The molecular weight excluding hydrogens is 222 g/mol. The minimum Gasteiger partial charge on any atom is -0.390 e. The average molecular weight is 238 g/mol. The van der Waals surface area contributed by atoms with Gasteiger partial charge in [0, 0.05) is 5.56 Å². The van der Waals surface area contributed by atoms with E-state index in [1.54, 1.807) is 0 Å². The molecule has 0 saturated carbocycles. The van der Waals surface area contributed by atoms with Crippen molar-refractivity contribution in [1.29, 1.82) is 0 Å². The summed E-state index contributed by atoms with van der Waals surface area (Å²) in [6, 6.07) is 18.0. The largest absolute Gasteiger partial charge is 0.390 e. The van der Waals surface area contributed by atoms with Gasteiger partial charge in [-0.05, 0) is 17.5 Å². The molecule has 18 heavy (non-hydrogen) atoms. The summed E-state index contributed by atoms with van der Waals surface area (Å²) in [5.74, 6) is 0. The highest BCUT2D eigenvalue weighted by Crippen LogP contribution is 2.07. The molecule has 0 aliphatic carbocycles. The van der Waals surface area contributed by atoms with Gasteiger partial charge in [-0.15, -0.1) is 0 Å². The van der Waals surface area contributed by atoms with E-state index in [1.807, 2.05) is 48.5 Å². The highest BCUT2D eigenvalue weighted by atomic mass is 16.6. The van der Waals surface area contributed by atoms with Gasteiger partial charge in [0.1, 0.15) is 12.8 Å². The normalized spacial score (nSPS) is 10.7. The zero-order chi connectivity index (χ0) is 12.6. The first-order chi connectivity index (χ1) is 8.90. The number of rotatable bonds is 5. The van der Waals surface area contributed by atoms with Crippen LogP contribution in [-0.2, 0) is 17.9 Å². The molecule has 2 aromatic carbocycles. The van der Waals surface area contributed by atoms with Crippen LogP contribution in [-0.4, -0.2) is 6.21 Å². The van der Waals surface area contributed by atoms with Crippen LogP contribution in [0.5, 0.6) is 0 Å². The van der Waals surface area contributed by atoms with E-state index in [-0.39, 0.29) is 0 Å². The Labute approximate surface area is 108 Å². The fourth-order valence-corrected chi connectivity index (χ4v) is 1.70. The molecule has 0 unspecified atom stereocenters. The fourth-order valence-electron chi connectivity index (χ4n) is 1.70. The second kappa shape index (κ2) is 6.60. The van der Waals surface area contributed by atoms with Crippen molar-refractivity contribution in [3.8, 4) is 0 Å². The van der Waals surface area contributed by atoms with E-state index in [2.05, 4.69) is 24.4 Å². The predicted molar refractivity (Wildman–Crippen MR) is 73.6 cm³/mol. The predicted octanol–water partition coefficient (Wildman–Crippen LogP) is 3.68. The summed E-state index contributed by atoms with van der Waals surface area (Å²) in [6.45, 7) is 2.59. The minimum atomic E-state index is 0.474. The molecule has 91 valence electrons. The van der Waals surface area contributed by atoms with Crippen molar-refractivity contribution in [2.24, 2.45) is 5.16 Å². The smallest absolute Gasteiger partial charge is 0.142 e. The highest BCUT2D eigenvalue weighted by molar-refractivity contribution is 5.81. The molecule has 2 heteroatoms. The standard InChI is InChI=1S/C16H16NO/c1-2-15-10-6-7-11-16(15)12-17-18-13-14-8-4-3-5-9-14/h3-11H,2,13H2,1H3. The Morgan fingerprint density at radius 2 is 1.72 bits per heavy atom. The Hall–Kier alpha value is -2.09. The maximum absolute atomic E-state index is 5.24. The Morgan fingerprint density at radius 3 is 2.50 bits per heavy atom. The average Bonchev–Trinajstić information content (AvgIpc) is 2.45. The molecule has 0 amide bonds. The van der Waals surface area contributed by atoms with Crippen molar-refractivity contribution in [2.75, 3.05) is 0 Å². The van der Waals surface area contributed by atoms with Gasteiger partial charge in [-0.25, -0.2) is 0 Å². The van der Waals surface area contributed by atoms with Gasteiger partial charge < -0.3 is 4.84 Å². The third-order valence-electron chi connectivity index (χ3n) is 2.70. The molecule has 0 bridgehead atoms. The van der Waals surface area contributed by atoms with Gasteiger partial charge in [0.2, 0.25) is 0 Å². The van der Waals surface area contributed by atoms with E-state index < -0.39 is 0 Å². The van der Waals surface area contributed by atoms with Crippen molar-refractivity contribution >= 4 is 6.21 Å². The van der Waals surface area contributed by atoms with Crippen molar-refractivity contribution in [1.82, 2.24) is 0 Å². The SMILES string of the molecule is CCc1ccccc1/[C]=N\OCc1ccccc1. The van der Waals surface area contributed by atoms with Crippen molar-refractivity contribution in [3.63, 3.8) is 0 Å². The number of hydrogen-bond acceptors (Lipinski definition) is 2. The first-order valence-electron chi connectivity index (χ1n) is 6.10. The van der Waals surface area contributed by atoms with Crippen LogP contribution in [0.1, 0.15) is 23.6 Å². The Morgan fingerprint density at radius 1 is 1.00 bits per heavy atom. The van der Waals surface area contributed by atoms with Crippen LogP contribution in [0, 0.1) is 0 Å². The molecule has 0 N–H and O–H groups in total. The van der Waals surface area contributed by atoms with Crippen LogP contribution in [0.3, 0.4) is 0 Å². The summed E-state index contributed by atoms with van der Waals surface area (Å²) in [7, 11) is 0. The van der Waals surface area contributed by atoms with Crippen molar-refractivity contribution in [2.45, 2.75) is 20.0 Å². The maximum atomic E-state index is 5.24. The van der Waals surface area contributed by atoms with Crippen LogP contribution in [0.15, 0.2) is 59.8 Å². The van der Waals surface area contributed by atoms with Crippen LogP contribution < -0.4 is 0 Å². The Kier molecular flexibility index (Phi) is 4.53. The number of benzene rings is 2. The van der Waals surface area contributed by atoms with Gasteiger partial charge in [0.05, 0.1) is 0 Å². The van der Waals surface area contributed by atoms with E-state index in [4.69, 9.17) is 4.84 Å². The van der Waals surface area contributed by atoms with E-state index >= 15 is 0 Å². The number of aryl methyl sites for hydroxylation is 1. The van der Waals surface area contributed by atoms with Crippen molar-refractivity contribution in [3.05, 3.63) is 71.3 Å². The second-order valence-corrected chi connectivity index (χ2v) is 3.97. The molecule has 0 aliphatic rings. The van der Waals surface area contributed by atoms with Gasteiger partial charge in [0.15, 0.2) is 0 Å². The topological polar surface area (TPSA) is 21.6 Å². The van der Waals surface area contributed by atoms with E-state index in [1.165, 1.54) is 5.56 Å². The van der Waals surface area contributed by atoms with Crippen LogP contribution in [0.25, 0.3) is 0 Å². The maximum Gasteiger partial charge on any atom is 0.142 e. The number of nitrogens with zero attached hydrogens (tertiary/aromatic N) is 1. The molecule has 0 aliphatic heterocycles. The molecule has 0 atom stereocenters. The molecule has 2 nitrogen and oxygen atoms in total. The first-order valence-corrected chi connectivity index (χ1v) is 6.10. The quantitative estimate of drug-likeness (QED) is 0.575. The van der Waals surface area contributed by atoms with Gasteiger partial charge in [-0.2, -0.15) is 0 Å². The molecule has 0 spiro atoms. The molecule has 0 aromatic heterocycles. The Bertz CT molecular complexity index is 506. The summed E-state index contributed by atoms with van der Waals surface area (Å²) < 4.78 is 0. The highest BCUT2D eigenvalue weighted by Gasteiger charge is 1.96. The molecule has 0 heterocycles. The lowest BCUT2D eigenvalue weighted by atomic mass is 10.1. The van der Waals surface area contributed by atoms with Gasteiger partial charge in [0.25, 0.3) is 0 Å². The van der Waals surface area contributed by atoms with Gasteiger partial charge >= 0.3 is 0 Å². The third kappa shape index (κ3) is 3.45. The summed E-state index contributed by atoms with van der Waals surface area (Å²) >= 11 is 0. The van der Waals surface area contributed by atoms with Gasteiger partial charge in [-0.1, -0.05) is 66.7 Å². The molecule has 2 rings (SSSR count). The molecule has 0 saturated heterocycles. The first kappa shape index (κ1) is 12.4. The molecule has 2 aromatic rings. The Balaban J connectivity index is 1.92. The van der Waals surface area contributed by atoms with Crippen LogP contribution in [0.2, 0.25) is 0 Å². The lowest BCUT2D eigenvalue weighted by molar-refractivity contribution is 0.132. The summed E-state index contributed by atoms with van der Waals surface area (Å²) in [6.07, 6.45) is 3.91. The minimum absolute atomic E-state index is 0.474. The monoisotopic (exact) mass is 238 g/mol. The molecule has 0 fully saturated rings. The third-order valence-corrected chi connectivity index (χ3v) is 2.70. The van der Waals surface area contributed by atoms with E-state index in [0.717, 1.165) is 17.5 Å². The summed E-state index contributed by atoms with van der Waals surface area (Å²) in [5.41, 5.74) is 3.32.